The van der Waals surface area contributed by atoms with E-state index in [1.807, 2.05) is 40.3 Å². The highest BCUT2D eigenvalue weighted by molar-refractivity contribution is 7.16. The van der Waals surface area contributed by atoms with Gasteiger partial charge in [0.25, 0.3) is 11.8 Å². The fourth-order valence-corrected chi connectivity index (χ4v) is 5.86. The molecule has 6 heterocycles. The van der Waals surface area contributed by atoms with Gasteiger partial charge >= 0.3 is 0 Å². The second kappa shape index (κ2) is 7.92. The number of imidazole rings is 1. The SMILES string of the molecule is O=C1NC(=O)C(c2c[nH]c3sccc23)=C1c1nc(C2CNCc3c(CO)ncn32)nc2ccccc12. The summed E-state index contributed by atoms with van der Waals surface area (Å²) in [5, 5.41) is 19.0. The molecule has 1 unspecified atom stereocenters. The quantitative estimate of drug-likeness (QED) is 0.279. The number of carbonyl (C=O) groups excluding carboxylic acids is 2. The lowest BCUT2D eigenvalue weighted by atomic mass is 9.97. The average molecular weight is 498 g/mol. The molecule has 0 fully saturated rings. The number of nitrogens with one attached hydrogen (secondary N) is 3. The Bertz CT molecular complexity index is 1740. The maximum atomic E-state index is 13.2. The number of aromatic nitrogens is 5. The Balaban J connectivity index is 1.49. The fourth-order valence-electron chi connectivity index (χ4n) is 5.09. The van der Waals surface area contributed by atoms with Gasteiger partial charge in [-0.05, 0) is 17.5 Å². The maximum absolute atomic E-state index is 13.2. The summed E-state index contributed by atoms with van der Waals surface area (Å²) < 4.78 is 1.96. The summed E-state index contributed by atoms with van der Waals surface area (Å²) in [7, 11) is 0. The standard InChI is InChI=1S/C25H19N7O3S/c33-10-16-17-8-26-9-18(32(17)11-28-16)22-29-15-4-2-1-3-13(15)21(30-22)20-19(23(34)31-24(20)35)14-7-27-25-12(14)5-6-36-25/h1-7,11,18,26-27,33H,8-10H2,(H,31,34,35). The van der Waals surface area contributed by atoms with Crippen molar-refractivity contribution < 1.29 is 14.7 Å². The molecule has 0 saturated heterocycles. The second-order valence-corrected chi connectivity index (χ2v) is 9.61. The first-order valence-electron chi connectivity index (χ1n) is 11.4. The average Bonchev–Trinajstić information content (AvgIpc) is 3.66. The number of nitrogens with zero attached hydrogens (tertiary/aromatic N) is 4. The van der Waals surface area contributed by atoms with Gasteiger partial charge in [0.1, 0.15) is 10.9 Å². The van der Waals surface area contributed by atoms with Gasteiger partial charge in [0.15, 0.2) is 5.82 Å². The first kappa shape index (κ1) is 21.1. The molecule has 5 aromatic rings. The summed E-state index contributed by atoms with van der Waals surface area (Å²) in [6.07, 6.45) is 3.45. The lowest BCUT2D eigenvalue weighted by molar-refractivity contribution is -0.122. The first-order valence-corrected chi connectivity index (χ1v) is 12.3. The molecule has 0 saturated carbocycles. The summed E-state index contributed by atoms with van der Waals surface area (Å²) in [6.45, 7) is 0.965. The van der Waals surface area contributed by atoms with Crippen molar-refractivity contribution in [1.82, 2.24) is 35.1 Å². The topological polar surface area (TPSA) is 138 Å². The van der Waals surface area contributed by atoms with E-state index in [0.717, 1.165) is 15.9 Å². The van der Waals surface area contributed by atoms with Crippen LogP contribution >= 0.6 is 11.3 Å². The van der Waals surface area contributed by atoms with Crippen LogP contribution in [-0.4, -0.2) is 48.0 Å². The smallest absolute Gasteiger partial charge is 0.261 e. The Kier molecular flexibility index (Phi) is 4.64. The number of aromatic amines is 1. The van der Waals surface area contributed by atoms with Crippen molar-refractivity contribution >= 4 is 55.4 Å². The maximum Gasteiger partial charge on any atom is 0.261 e. The molecule has 4 N–H and O–H groups in total. The van der Waals surface area contributed by atoms with E-state index in [0.29, 0.717) is 52.3 Å². The van der Waals surface area contributed by atoms with Crippen LogP contribution in [0.3, 0.4) is 0 Å². The minimum absolute atomic E-state index is 0.160. The van der Waals surface area contributed by atoms with E-state index in [2.05, 4.69) is 20.6 Å². The number of hydrogen-bond acceptors (Lipinski definition) is 8. The third-order valence-electron chi connectivity index (χ3n) is 6.76. The number of imide groups is 1. The number of para-hydroxylation sites is 1. The minimum atomic E-state index is -0.484. The number of thiophene rings is 1. The van der Waals surface area contributed by atoms with Gasteiger partial charge in [-0.1, -0.05) is 18.2 Å². The van der Waals surface area contributed by atoms with E-state index in [4.69, 9.17) is 9.97 Å². The predicted molar refractivity (Wildman–Crippen MR) is 134 cm³/mol. The van der Waals surface area contributed by atoms with Crippen LogP contribution in [0.1, 0.15) is 34.5 Å². The van der Waals surface area contributed by atoms with Crippen LogP contribution in [0.4, 0.5) is 0 Å². The monoisotopic (exact) mass is 497 g/mol. The molecule has 0 aliphatic carbocycles. The summed E-state index contributed by atoms with van der Waals surface area (Å²) >= 11 is 1.53. The lowest BCUT2D eigenvalue weighted by Gasteiger charge is -2.26. The van der Waals surface area contributed by atoms with Crippen molar-refractivity contribution in [3.8, 4) is 0 Å². The fraction of sp³-hybridized carbons (Fsp3) is 0.160. The van der Waals surface area contributed by atoms with Crippen molar-refractivity contribution in [3.05, 3.63) is 76.7 Å². The lowest BCUT2D eigenvalue weighted by Crippen LogP contribution is -2.34. The number of fused-ring (bicyclic) bond motifs is 3. The van der Waals surface area contributed by atoms with Crippen LogP contribution in [0, 0.1) is 0 Å². The molecule has 7 rings (SSSR count). The molecule has 10 nitrogen and oxygen atoms in total. The van der Waals surface area contributed by atoms with Gasteiger partial charge in [0.05, 0.1) is 46.7 Å². The molecular weight excluding hydrogens is 478 g/mol. The van der Waals surface area contributed by atoms with Crippen LogP contribution in [0.15, 0.2) is 48.2 Å². The number of amides is 2. The van der Waals surface area contributed by atoms with E-state index in [1.165, 1.54) is 11.3 Å². The van der Waals surface area contributed by atoms with E-state index < -0.39 is 11.8 Å². The first-order chi connectivity index (χ1) is 17.6. The zero-order valence-electron chi connectivity index (χ0n) is 18.8. The van der Waals surface area contributed by atoms with Gasteiger partial charge in [-0.2, -0.15) is 0 Å². The van der Waals surface area contributed by atoms with Crippen LogP contribution in [-0.2, 0) is 22.7 Å². The number of aliphatic hydroxyl groups excluding tert-OH is 1. The van der Waals surface area contributed by atoms with Crippen LogP contribution in [0.25, 0.3) is 32.3 Å². The Morgan fingerprint density at radius 3 is 2.83 bits per heavy atom. The third-order valence-corrected chi connectivity index (χ3v) is 7.60. The Morgan fingerprint density at radius 2 is 1.94 bits per heavy atom. The Labute approximate surface area is 207 Å². The van der Waals surface area contributed by atoms with E-state index in [9.17, 15) is 14.7 Å². The molecule has 0 radical (unpaired) electrons. The molecule has 11 heteroatoms. The van der Waals surface area contributed by atoms with E-state index >= 15 is 0 Å². The summed E-state index contributed by atoms with van der Waals surface area (Å²) in [6, 6.07) is 9.10. The second-order valence-electron chi connectivity index (χ2n) is 8.70. The normalized spacial score (nSPS) is 17.9. The number of aliphatic hydroxyl groups is 1. The number of benzene rings is 1. The highest BCUT2D eigenvalue weighted by Gasteiger charge is 2.36. The van der Waals surface area contributed by atoms with Gasteiger partial charge in [0.2, 0.25) is 0 Å². The van der Waals surface area contributed by atoms with E-state index in [1.54, 1.807) is 12.5 Å². The molecule has 2 aliphatic heterocycles. The molecule has 0 spiro atoms. The summed E-state index contributed by atoms with van der Waals surface area (Å²) in [5.41, 5.74) is 3.75. The van der Waals surface area contributed by atoms with Crippen molar-refractivity contribution in [2.24, 2.45) is 0 Å². The zero-order valence-corrected chi connectivity index (χ0v) is 19.6. The van der Waals surface area contributed by atoms with Crippen molar-refractivity contribution in [2.75, 3.05) is 6.54 Å². The highest BCUT2D eigenvalue weighted by atomic mass is 32.1. The van der Waals surface area contributed by atoms with E-state index in [-0.39, 0.29) is 18.2 Å². The highest BCUT2D eigenvalue weighted by Crippen LogP contribution is 2.38. The van der Waals surface area contributed by atoms with Crippen molar-refractivity contribution in [1.29, 1.82) is 0 Å². The number of rotatable bonds is 4. The number of hydrogen-bond donors (Lipinski definition) is 4. The third kappa shape index (κ3) is 3.00. The van der Waals surface area contributed by atoms with Gasteiger partial charge in [-0.15, -0.1) is 11.3 Å². The molecule has 0 bridgehead atoms. The van der Waals surface area contributed by atoms with Crippen LogP contribution < -0.4 is 10.6 Å². The Morgan fingerprint density at radius 1 is 1.08 bits per heavy atom. The summed E-state index contributed by atoms with van der Waals surface area (Å²) in [4.78, 5) is 44.5. The largest absolute Gasteiger partial charge is 0.390 e. The Hall–Kier alpha value is -4.19. The van der Waals surface area contributed by atoms with Crippen molar-refractivity contribution in [2.45, 2.75) is 19.2 Å². The van der Waals surface area contributed by atoms with Crippen LogP contribution in [0.2, 0.25) is 0 Å². The van der Waals surface area contributed by atoms with Gasteiger partial charge < -0.3 is 20.0 Å². The minimum Gasteiger partial charge on any atom is -0.390 e. The van der Waals surface area contributed by atoms with Crippen molar-refractivity contribution in [3.63, 3.8) is 0 Å². The van der Waals surface area contributed by atoms with Crippen LogP contribution in [0.5, 0.6) is 0 Å². The molecule has 178 valence electrons. The zero-order chi connectivity index (χ0) is 24.4. The molecule has 2 aliphatic rings. The molecular formula is C25H19N7O3S. The number of carbonyl (C=O) groups is 2. The van der Waals surface area contributed by atoms with Gasteiger partial charge in [-0.3, -0.25) is 14.9 Å². The van der Waals surface area contributed by atoms with Gasteiger partial charge in [0, 0.05) is 35.6 Å². The molecule has 1 aromatic carbocycles. The molecule has 36 heavy (non-hydrogen) atoms. The molecule has 2 amide bonds. The predicted octanol–water partition coefficient (Wildman–Crippen LogP) is 2.12. The van der Waals surface area contributed by atoms with Gasteiger partial charge in [-0.25, -0.2) is 15.0 Å². The molecule has 1 atom stereocenters. The number of H-pyrrole nitrogens is 1. The molecule has 4 aromatic heterocycles. The summed E-state index contributed by atoms with van der Waals surface area (Å²) in [5.74, 6) is -0.440.